The van der Waals surface area contributed by atoms with Gasteiger partial charge < -0.3 is 10.6 Å². The number of hydrogen-bond acceptors (Lipinski definition) is 2. The van der Waals surface area contributed by atoms with Crippen LogP contribution in [0, 0.1) is 0 Å². The summed E-state index contributed by atoms with van der Waals surface area (Å²) in [6, 6.07) is 5.89. The molecule has 1 atom stereocenters. The van der Waals surface area contributed by atoms with Gasteiger partial charge >= 0.3 is 0 Å². The molecule has 0 aromatic heterocycles. The van der Waals surface area contributed by atoms with E-state index < -0.39 is 0 Å². The summed E-state index contributed by atoms with van der Waals surface area (Å²) in [5.74, 6) is 0.0783. The van der Waals surface area contributed by atoms with Crippen LogP contribution in [0.5, 0.6) is 0 Å². The maximum atomic E-state index is 11.4. The molecule has 0 fully saturated rings. The molecule has 1 amide bonds. The van der Waals surface area contributed by atoms with Crippen LogP contribution in [-0.2, 0) is 11.3 Å². The minimum Gasteiger partial charge on any atom is -0.348 e. The van der Waals surface area contributed by atoms with Gasteiger partial charge in [0.25, 0.3) is 0 Å². The van der Waals surface area contributed by atoms with Crippen molar-refractivity contribution in [2.75, 3.05) is 6.54 Å². The fourth-order valence-corrected chi connectivity index (χ4v) is 2.15. The summed E-state index contributed by atoms with van der Waals surface area (Å²) in [7, 11) is 0. The summed E-state index contributed by atoms with van der Waals surface area (Å²) in [6.45, 7) is 3.45. The van der Waals surface area contributed by atoms with Crippen molar-refractivity contribution < 1.29 is 4.79 Å². The molecule has 1 aliphatic rings. The van der Waals surface area contributed by atoms with Crippen LogP contribution >= 0.6 is 11.6 Å². The SMILES string of the molecule is CCC(=O)NC1CNCc2cc(Cl)ccc21. The van der Waals surface area contributed by atoms with Crippen molar-refractivity contribution in [1.82, 2.24) is 10.6 Å². The third kappa shape index (κ3) is 2.36. The minimum absolute atomic E-state index is 0.0634. The average molecular weight is 239 g/mol. The predicted molar refractivity (Wildman–Crippen MR) is 64.3 cm³/mol. The summed E-state index contributed by atoms with van der Waals surface area (Å²) in [5, 5.41) is 7.01. The monoisotopic (exact) mass is 238 g/mol. The van der Waals surface area contributed by atoms with E-state index in [0.29, 0.717) is 6.42 Å². The highest BCUT2D eigenvalue weighted by Gasteiger charge is 2.20. The van der Waals surface area contributed by atoms with Gasteiger partial charge in [-0.15, -0.1) is 0 Å². The highest BCUT2D eigenvalue weighted by molar-refractivity contribution is 6.30. The van der Waals surface area contributed by atoms with E-state index in [4.69, 9.17) is 11.6 Å². The quantitative estimate of drug-likeness (QED) is 0.828. The molecule has 0 saturated carbocycles. The van der Waals surface area contributed by atoms with Crippen LogP contribution in [0.4, 0.5) is 0 Å². The first-order chi connectivity index (χ1) is 7.70. The van der Waals surface area contributed by atoms with E-state index >= 15 is 0 Å². The molecule has 0 spiro atoms. The summed E-state index contributed by atoms with van der Waals surface area (Å²) in [4.78, 5) is 11.4. The smallest absolute Gasteiger partial charge is 0.220 e. The Kier molecular flexibility index (Phi) is 3.46. The van der Waals surface area contributed by atoms with Gasteiger partial charge in [-0.3, -0.25) is 4.79 Å². The third-order valence-corrected chi connectivity index (χ3v) is 3.04. The van der Waals surface area contributed by atoms with E-state index in [0.717, 1.165) is 18.1 Å². The summed E-state index contributed by atoms with van der Waals surface area (Å²) in [6.07, 6.45) is 0.513. The Bertz CT molecular complexity index is 406. The lowest BCUT2D eigenvalue weighted by molar-refractivity contribution is -0.121. The second-order valence-corrected chi connectivity index (χ2v) is 4.38. The van der Waals surface area contributed by atoms with Crippen LogP contribution < -0.4 is 10.6 Å². The molecule has 1 aromatic carbocycles. The lowest BCUT2D eigenvalue weighted by atomic mass is 9.96. The van der Waals surface area contributed by atoms with Crippen molar-refractivity contribution in [2.24, 2.45) is 0 Å². The Labute approximate surface area is 100 Å². The Balaban J connectivity index is 2.23. The van der Waals surface area contributed by atoms with Gasteiger partial charge in [-0.2, -0.15) is 0 Å². The summed E-state index contributed by atoms with van der Waals surface area (Å²) >= 11 is 5.94. The molecule has 86 valence electrons. The predicted octanol–water partition coefficient (Wildman–Crippen LogP) is 2.01. The van der Waals surface area contributed by atoms with E-state index in [-0.39, 0.29) is 11.9 Å². The Morgan fingerprint density at radius 2 is 2.44 bits per heavy atom. The van der Waals surface area contributed by atoms with Crippen molar-refractivity contribution in [3.05, 3.63) is 34.3 Å². The zero-order chi connectivity index (χ0) is 11.5. The van der Waals surface area contributed by atoms with E-state index in [1.54, 1.807) is 0 Å². The fourth-order valence-electron chi connectivity index (χ4n) is 1.95. The van der Waals surface area contributed by atoms with E-state index in [2.05, 4.69) is 10.6 Å². The molecule has 1 aromatic rings. The molecule has 1 heterocycles. The molecule has 0 radical (unpaired) electrons. The van der Waals surface area contributed by atoms with Crippen LogP contribution in [-0.4, -0.2) is 12.5 Å². The molecular formula is C12H15ClN2O. The average Bonchev–Trinajstić information content (AvgIpc) is 2.28. The highest BCUT2D eigenvalue weighted by Crippen LogP contribution is 2.24. The molecule has 0 saturated heterocycles. The molecule has 16 heavy (non-hydrogen) atoms. The Hall–Kier alpha value is -1.06. The first-order valence-corrected chi connectivity index (χ1v) is 5.87. The van der Waals surface area contributed by atoms with Gasteiger partial charge in [0.1, 0.15) is 0 Å². The number of fused-ring (bicyclic) bond motifs is 1. The van der Waals surface area contributed by atoms with E-state index in [9.17, 15) is 4.79 Å². The van der Waals surface area contributed by atoms with Crippen LogP contribution in [0.25, 0.3) is 0 Å². The molecule has 3 nitrogen and oxygen atoms in total. The molecule has 1 aliphatic heterocycles. The maximum Gasteiger partial charge on any atom is 0.220 e. The number of rotatable bonds is 2. The largest absolute Gasteiger partial charge is 0.348 e. The third-order valence-electron chi connectivity index (χ3n) is 2.80. The first kappa shape index (κ1) is 11.4. The normalized spacial score (nSPS) is 19.0. The van der Waals surface area contributed by atoms with Crippen molar-refractivity contribution in [3.8, 4) is 0 Å². The lowest BCUT2D eigenvalue weighted by Crippen LogP contribution is -2.39. The molecule has 0 aliphatic carbocycles. The Morgan fingerprint density at radius 1 is 1.62 bits per heavy atom. The van der Waals surface area contributed by atoms with Crippen LogP contribution in [0.2, 0.25) is 5.02 Å². The zero-order valence-electron chi connectivity index (χ0n) is 9.22. The van der Waals surface area contributed by atoms with E-state index in [1.807, 2.05) is 25.1 Å². The molecule has 0 bridgehead atoms. The van der Waals surface area contributed by atoms with Gasteiger partial charge in [-0.1, -0.05) is 24.6 Å². The van der Waals surface area contributed by atoms with Gasteiger partial charge in [-0.05, 0) is 23.3 Å². The molecular weight excluding hydrogens is 224 g/mol. The fraction of sp³-hybridized carbons (Fsp3) is 0.417. The number of halogens is 1. The molecule has 2 N–H and O–H groups in total. The van der Waals surface area contributed by atoms with Gasteiger partial charge in [0.15, 0.2) is 0 Å². The number of carbonyl (C=O) groups excluding carboxylic acids is 1. The highest BCUT2D eigenvalue weighted by atomic mass is 35.5. The van der Waals surface area contributed by atoms with Crippen molar-refractivity contribution in [1.29, 1.82) is 0 Å². The van der Waals surface area contributed by atoms with Crippen molar-refractivity contribution >= 4 is 17.5 Å². The van der Waals surface area contributed by atoms with Crippen LogP contribution in [0.1, 0.15) is 30.5 Å². The van der Waals surface area contributed by atoms with Crippen molar-refractivity contribution in [2.45, 2.75) is 25.9 Å². The summed E-state index contributed by atoms with van der Waals surface area (Å²) < 4.78 is 0. The van der Waals surface area contributed by atoms with Gasteiger partial charge in [-0.25, -0.2) is 0 Å². The number of hydrogen-bond donors (Lipinski definition) is 2. The molecule has 2 rings (SSSR count). The van der Waals surface area contributed by atoms with Gasteiger partial charge in [0, 0.05) is 24.5 Å². The number of nitrogens with one attached hydrogen (secondary N) is 2. The first-order valence-electron chi connectivity index (χ1n) is 5.49. The van der Waals surface area contributed by atoms with E-state index in [1.165, 1.54) is 11.1 Å². The second kappa shape index (κ2) is 4.85. The van der Waals surface area contributed by atoms with Crippen LogP contribution in [0.3, 0.4) is 0 Å². The number of benzene rings is 1. The lowest BCUT2D eigenvalue weighted by Gasteiger charge is -2.27. The van der Waals surface area contributed by atoms with Crippen molar-refractivity contribution in [3.63, 3.8) is 0 Å². The summed E-state index contributed by atoms with van der Waals surface area (Å²) in [5.41, 5.74) is 2.34. The Morgan fingerprint density at radius 3 is 3.19 bits per heavy atom. The zero-order valence-corrected chi connectivity index (χ0v) is 9.97. The van der Waals surface area contributed by atoms with Gasteiger partial charge in [0.2, 0.25) is 5.91 Å². The molecule has 4 heteroatoms. The van der Waals surface area contributed by atoms with Crippen LogP contribution in [0.15, 0.2) is 18.2 Å². The topological polar surface area (TPSA) is 41.1 Å². The number of carbonyl (C=O) groups is 1. The molecule has 1 unspecified atom stereocenters. The minimum atomic E-state index is 0.0634. The number of amides is 1. The standard InChI is InChI=1S/C12H15ClN2O/c1-2-12(16)15-11-7-14-6-8-5-9(13)3-4-10(8)11/h3-5,11,14H,2,6-7H2,1H3,(H,15,16). The van der Waals surface area contributed by atoms with Gasteiger partial charge in [0.05, 0.1) is 6.04 Å². The second-order valence-electron chi connectivity index (χ2n) is 3.95. The maximum absolute atomic E-state index is 11.4.